The van der Waals surface area contributed by atoms with E-state index in [0.29, 0.717) is 0 Å². The molecule has 26 heavy (non-hydrogen) atoms. The third-order valence-electron chi connectivity index (χ3n) is 3.48. The number of aliphatic hydroxyl groups is 2. The predicted octanol–water partition coefficient (Wildman–Crippen LogP) is -1.79. The molecule has 9 nitrogen and oxygen atoms in total. The first-order valence-corrected chi connectivity index (χ1v) is 7.27. The molecule has 0 spiro atoms. The minimum Gasteiger partial charge on any atom is -0.394 e. The molecule has 0 saturated carbocycles. The van der Waals surface area contributed by atoms with Gasteiger partial charge in [-0.3, -0.25) is 19.1 Å². The van der Waals surface area contributed by atoms with Crippen molar-refractivity contribution in [3.8, 4) is 11.8 Å². The molecule has 0 bridgehead atoms. The maximum absolute atomic E-state index is 12.0. The molecule has 2 rings (SSSR count). The second-order valence-electron chi connectivity index (χ2n) is 5.31. The van der Waals surface area contributed by atoms with Crippen LogP contribution < -0.4 is 16.6 Å². The summed E-state index contributed by atoms with van der Waals surface area (Å²) in [5.41, 5.74) is -1.98. The van der Waals surface area contributed by atoms with Gasteiger partial charge in [-0.05, 0) is 0 Å². The van der Waals surface area contributed by atoms with Crippen LogP contribution in [0.15, 0.2) is 15.8 Å². The maximum Gasteiger partial charge on any atom is 0.471 e. The lowest BCUT2D eigenvalue weighted by atomic mass is 10.2. The molecule has 12 heteroatoms. The van der Waals surface area contributed by atoms with E-state index in [0.717, 1.165) is 10.8 Å². The zero-order valence-corrected chi connectivity index (χ0v) is 13.0. The molecule has 1 saturated heterocycles. The van der Waals surface area contributed by atoms with Gasteiger partial charge in [-0.2, -0.15) is 13.2 Å². The molecule has 0 radical (unpaired) electrons. The summed E-state index contributed by atoms with van der Waals surface area (Å²) in [4.78, 5) is 36.2. The van der Waals surface area contributed by atoms with E-state index in [9.17, 15) is 32.7 Å². The van der Waals surface area contributed by atoms with Gasteiger partial charge in [0.1, 0.15) is 17.9 Å². The van der Waals surface area contributed by atoms with Crippen LogP contribution in [0.1, 0.15) is 18.2 Å². The van der Waals surface area contributed by atoms with E-state index in [1.54, 1.807) is 0 Å². The van der Waals surface area contributed by atoms with E-state index in [1.165, 1.54) is 5.32 Å². The number of nitrogens with one attached hydrogen (secondary N) is 2. The number of amides is 1. The quantitative estimate of drug-likeness (QED) is 0.460. The van der Waals surface area contributed by atoms with Crippen molar-refractivity contribution >= 4 is 5.91 Å². The Labute approximate surface area is 143 Å². The van der Waals surface area contributed by atoms with Gasteiger partial charge in [0.15, 0.2) is 0 Å². The SMILES string of the molecule is O=C(NCC#Cc1cn(C2CC(O)C(CO)O2)c(=O)[nH]c1=O)C(F)(F)F. The lowest BCUT2D eigenvalue weighted by molar-refractivity contribution is -0.173. The van der Waals surface area contributed by atoms with Crippen molar-refractivity contribution in [2.75, 3.05) is 13.2 Å². The van der Waals surface area contributed by atoms with E-state index in [4.69, 9.17) is 9.84 Å². The topological polar surface area (TPSA) is 134 Å². The number of rotatable bonds is 3. The van der Waals surface area contributed by atoms with E-state index in [2.05, 4.69) is 11.8 Å². The van der Waals surface area contributed by atoms with Crippen LogP contribution in [0.25, 0.3) is 0 Å². The highest BCUT2D eigenvalue weighted by Gasteiger charge is 2.38. The van der Waals surface area contributed by atoms with Gasteiger partial charge >= 0.3 is 17.8 Å². The number of halogens is 3. The predicted molar refractivity (Wildman–Crippen MR) is 78.9 cm³/mol. The summed E-state index contributed by atoms with van der Waals surface area (Å²) in [6.45, 7) is -1.14. The van der Waals surface area contributed by atoms with Crippen LogP contribution in [0.2, 0.25) is 0 Å². The average Bonchev–Trinajstić information content (AvgIpc) is 2.92. The number of carbonyl (C=O) groups is 1. The number of aliphatic hydroxyl groups excluding tert-OH is 2. The molecule has 2 heterocycles. The van der Waals surface area contributed by atoms with Crippen LogP contribution in [0, 0.1) is 11.8 Å². The second kappa shape index (κ2) is 7.73. The Kier molecular flexibility index (Phi) is 5.86. The Bertz CT molecular complexity index is 850. The summed E-state index contributed by atoms with van der Waals surface area (Å²) in [6, 6.07) is 0. The van der Waals surface area contributed by atoms with Gasteiger partial charge < -0.3 is 20.3 Å². The van der Waals surface area contributed by atoms with Crippen molar-refractivity contribution in [2.24, 2.45) is 0 Å². The van der Waals surface area contributed by atoms with Crippen molar-refractivity contribution in [1.82, 2.24) is 14.9 Å². The van der Waals surface area contributed by atoms with Crippen LogP contribution in [-0.2, 0) is 9.53 Å². The van der Waals surface area contributed by atoms with Gasteiger partial charge in [0.2, 0.25) is 0 Å². The minimum atomic E-state index is -5.05. The molecule has 142 valence electrons. The van der Waals surface area contributed by atoms with Gasteiger partial charge in [0.25, 0.3) is 5.56 Å². The number of nitrogens with zero attached hydrogens (tertiary/aromatic N) is 1. The monoisotopic (exact) mass is 377 g/mol. The molecule has 1 aromatic rings. The highest BCUT2D eigenvalue weighted by atomic mass is 19.4. The first-order valence-electron chi connectivity index (χ1n) is 7.27. The zero-order chi connectivity index (χ0) is 19.5. The number of alkyl halides is 3. The Morgan fingerprint density at radius 1 is 1.46 bits per heavy atom. The molecule has 0 aliphatic carbocycles. The molecular weight excluding hydrogens is 363 g/mol. The standard InChI is InChI=1S/C14H14F3N3O6/c15-14(16,17)12(24)18-3-1-2-7-5-20(13(25)19-11(7)23)10-4-8(22)9(6-21)26-10/h5,8-10,21-22H,3-4,6H2,(H,18,24)(H,19,23,25). The van der Waals surface area contributed by atoms with Crippen molar-refractivity contribution in [1.29, 1.82) is 0 Å². The third kappa shape index (κ3) is 4.51. The van der Waals surface area contributed by atoms with Crippen LogP contribution in [0.5, 0.6) is 0 Å². The molecule has 1 aliphatic heterocycles. The number of hydrogen-bond acceptors (Lipinski definition) is 6. The molecule has 1 aromatic heterocycles. The minimum absolute atomic E-state index is 0.0221. The third-order valence-corrected chi connectivity index (χ3v) is 3.48. The fourth-order valence-electron chi connectivity index (χ4n) is 2.20. The smallest absolute Gasteiger partial charge is 0.394 e. The second-order valence-corrected chi connectivity index (χ2v) is 5.31. The van der Waals surface area contributed by atoms with Gasteiger partial charge in [0.05, 0.1) is 19.3 Å². The van der Waals surface area contributed by atoms with Crippen molar-refractivity contribution in [2.45, 2.75) is 31.0 Å². The van der Waals surface area contributed by atoms with Gasteiger partial charge in [-0.15, -0.1) is 0 Å². The van der Waals surface area contributed by atoms with Gasteiger partial charge in [-0.25, -0.2) is 4.79 Å². The Morgan fingerprint density at radius 2 is 2.15 bits per heavy atom. The molecular formula is C14H14F3N3O6. The number of hydrogen-bond donors (Lipinski definition) is 4. The summed E-state index contributed by atoms with van der Waals surface area (Å²) >= 11 is 0. The van der Waals surface area contributed by atoms with Crippen LogP contribution in [0.4, 0.5) is 13.2 Å². The van der Waals surface area contributed by atoms with Gasteiger partial charge in [-0.1, -0.05) is 11.8 Å². The van der Waals surface area contributed by atoms with E-state index < -0.39 is 54.9 Å². The normalized spacial score (nSPS) is 22.6. The molecule has 1 fully saturated rings. The highest BCUT2D eigenvalue weighted by molar-refractivity contribution is 5.81. The van der Waals surface area contributed by atoms with E-state index in [-0.39, 0.29) is 12.0 Å². The molecule has 0 aromatic carbocycles. The molecule has 1 amide bonds. The van der Waals surface area contributed by atoms with Crippen LogP contribution >= 0.6 is 0 Å². The number of carbonyl (C=O) groups excluding carboxylic acids is 1. The average molecular weight is 377 g/mol. The maximum atomic E-state index is 12.0. The zero-order valence-electron chi connectivity index (χ0n) is 13.0. The van der Waals surface area contributed by atoms with Crippen LogP contribution in [-0.4, -0.2) is 57.2 Å². The Hall–Kier alpha value is -2.62. The molecule has 4 N–H and O–H groups in total. The summed E-state index contributed by atoms with van der Waals surface area (Å²) in [7, 11) is 0. The Balaban J connectivity index is 2.17. The Morgan fingerprint density at radius 3 is 2.73 bits per heavy atom. The highest BCUT2D eigenvalue weighted by Crippen LogP contribution is 2.27. The molecule has 3 unspecified atom stereocenters. The number of H-pyrrole nitrogens is 1. The summed E-state index contributed by atoms with van der Waals surface area (Å²) in [5, 5.41) is 20.3. The summed E-state index contributed by atoms with van der Waals surface area (Å²) in [5.74, 6) is 2.24. The molecule has 1 aliphatic rings. The van der Waals surface area contributed by atoms with Crippen molar-refractivity contribution in [3.05, 3.63) is 32.6 Å². The lowest BCUT2D eigenvalue weighted by Gasteiger charge is -2.14. The largest absolute Gasteiger partial charge is 0.471 e. The van der Waals surface area contributed by atoms with Crippen LogP contribution in [0.3, 0.4) is 0 Å². The van der Waals surface area contributed by atoms with Gasteiger partial charge in [0, 0.05) is 12.6 Å². The first kappa shape index (κ1) is 19.7. The van der Waals surface area contributed by atoms with Crippen molar-refractivity contribution < 1.29 is 32.9 Å². The summed E-state index contributed by atoms with van der Waals surface area (Å²) < 4.78 is 42.3. The fourth-order valence-corrected chi connectivity index (χ4v) is 2.20. The number of ether oxygens (including phenoxy) is 1. The van der Waals surface area contributed by atoms with E-state index >= 15 is 0 Å². The summed E-state index contributed by atoms with van der Waals surface area (Å²) in [6.07, 6.45) is -6.92. The molecule has 3 atom stereocenters. The fraction of sp³-hybridized carbons (Fsp3) is 0.500. The first-order chi connectivity index (χ1) is 12.1. The lowest BCUT2D eigenvalue weighted by Crippen LogP contribution is -2.37. The number of aromatic amines is 1. The van der Waals surface area contributed by atoms with E-state index in [1.807, 2.05) is 4.98 Å². The van der Waals surface area contributed by atoms with Crippen molar-refractivity contribution in [3.63, 3.8) is 0 Å². The number of aromatic nitrogens is 2.